The van der Waals surface area contributed by atoms with Gasteiger partial charge in [-0.15, -0.1) is 0 Å². The number of rotatable bonds is 5. The Bertz CT molecular complexity index is 865. The molecule has 25 heavy (non-hydrogen) atoms. The summed E-state index contributed by atoms with van der Waals surface area (Å²) in [6.07, 6.45) is 0.868. The molecule has 0 saturated carbocycles. The zero-order valence-electron chi connectivity index (χ0n) is 14.8. The van der Waals surface area contributed by atoms with Crippen LogP contribution in [0.15, 0.2) is 54.6 Å². The lowest BCUT2D eigenvalue weighted by atomic mass is 10.1. The van der Waals surface area contributed by atoms with Crippen molar-refractivity contribution in [3.8, 4) is 16.9 Å². The summed E-state index contributed by atoms with van der Waals surface area (Å²) in [5.41, 5.74) is 5.19. The fraction of sp³-hybridized carbons (Fsp3) is 0.238. The number of carbonyl (C=O) groups excluding carboxylic acids is 1. The lowest BCUT2D eigenvalue weighted by molar-refractivity contribution is 0.0818. The Kier molecular flexibility index (Phi) is 4.98. The lowest BCUT2D eigenvalue weighted by Gasteiger charge is -2.08. The van der Waals surface area contributed by atoms with Crippen molar-refractivity contribution in [2.75, 3.05) is 6.61 Å². The second kappa shape index (κ2) is 7.34. The largest absolute Gasteiger partial charge is 0.484 e. The Morgan fingerprint density at radius 3 is 2.24 bits per heavy atom. The van der Waals surface area contributed by atoms with Crippen LogP contribution in [0.1, 0.15) is 28.7 Å². The van der Waals surface area contributed by atoms with Gasteiger partial charge in [0.1, 0.15) is 5.75 Å². The van der Waals surface area contributed by atoms with Crippen LogP contribution < -0.4 is 4.74 Å². The predicted octanol–water partition coefficient (Wildman–Crippen LogP) is 4.45. The minimum Gasteiger partial charge on any atom is -0.484 e. The Morgan fingerprint density at radius 2 is 1.64 bits per heavy atom. The van der Waals surface area contributed by atoms with Crippen LogP contribution in [-0.4, -0.2) is 22.3 Å². The summed E-state index contributed by atoms with van der Waals surface area (Å²) >= 11 is 0. The van der Waals surface area contributed by atoms with E-state index in [1.54, 1.807) is 0 Å². The molecular formula is C21H22N2O2. The molecule has 0 aliphatic heterocycles. The van der Waals surface area contributed by atoms with Gasteiger partial charge in [0.25, 0.3) is 5.91 Å². The van der Waals surface area contributed by atoms with E-state index in [1.165, 1.54) is 4.68 Å². The maximum absolute atomic E-state index is 12.4. The normalized spacial score (nSPS) is 10.7. The molecule has 1 aromatic heterocycles. The van der Waals surface area contributed by atoms with E-state index < -0.39 is 0 Å². The third kappa shape index (κ3) is 3.63. The molecular weight excluding hydrogens is 312 g/mol. The Labute approximate surface area is 148 Å². The van der Waals surface area contributed by atoms with Crippen LogP contribution in [-0.2, 0) is 6.42 Å². The van der Waals surface area contributed by atoms with E-state index in [1.807, 2.05) is 56.3 Å². The molecule has 0 bridgehead atoms. The van der Waals surface area contributed by atoms with Gasteiger partial charge in [-0.3, -0.25) is 4.79 Å². The second-order valence-corrected chi connectivity index (χ2v) is 5.99. The molecule has 1 heterocycles. The molecule has 0 aliphatic carbocycles. The van der Waals surface area contributed by atoms with Crippen LogP contribution in [0.4, 0.5) is 0 Å². The van der Waals surface area contributed by atoms with Gasteiger partial charge in [0.05, 0.1) is 5.69 Å². The van der Waals surface area contributed by atoms with E-state index in [-0.39, 0.29) is 12.5 Å². The van der Waals surface area contributed by atoms with Gasteiger partial charge < -0.3 is 4.74 Å². The van der Waals surface area contributed by atoms with Crippen LogP contribution in [0.25, 0.3) is 11.1 Å². The molecule has 4 nitrogen and oxygen atoms in total. The van der Waals surface area contributed by atoms with E-state index >= 15 is 0 Å². The van der Waals surface area contributed by atoms with Crippen molar-refractivity contribution >= 4 is 5.91 Å². The quantitative estimate of drug-likeness (QED) is 0.692. The monoisotopic (exact) mass is 334 g/mol. The fourth-order valence-electron chi connectivity index (χ4n) is 3.01. The van der Waals surface area contributed by atoms with E-state index in [9.17, 15) is 4.79 Å². The van der Waals surface area contributed by atoms with Crippen LogP contribution in [0.5, 0.6) is 5.75 Å². The maximum Gasteiger partial charge on any atom is 0.284 e. The van der Waals surface area contributed by atoms with Gasteiger partial charge in [0, 0.05) is 5.69 Å². The van der Waals surface area contributed by atoms with Gasteiger partial charge in [-0.05, 0) is 49.1 Å². The SMILES string of the molecule is CCc1c(C)nn(C(=O)COc2ccc(-c3ccccc3)cc2)c1C. The first-order valence-corrected chi connectivity index (χ1v) is 8.46. The number of aromatic nitrogens is 2. The fourth-order valence-corrected chi connectivity index (χ4v) is 3.01. The smallest absolute Gasteiger partial charge is 0.284 e. The van der Waals surface area contributed by atoms with Gasteiger partial charge >= 0.3 is 0 Å². The summed E-state index contributed by atoms with van der Waals surface area (Å²) in [4.78, 5) is 12.4. The molecule has 0 unspecified atom stereocenters. The number of aryl methyl sites for hydroxylation is 1. The standard InChI is InChI=1S/C21H22N2O2/c1-4-20-15(2)22-23(16(20)3)21(24)14-25-19-12-10-18(11-13-19)17-8-6-5-7-9-17/h5-13H,4,14H2,1-3H3. The average molecular weight is 334 g/mol. The lowest BCUT2D eigenvalue weighted by Crippen LogP contribution is -2.21. The molecule has 0 amide bonds. The third-order valence-corrected chi connectivity index (χ3v) is 4.35. The number of hydrogen-bond acceptors (Lipinski definition) is 3. The van der Waals surface area contributed by atoms with Gasteiger partial charge in [0.15, 0.2) is 6.61 Å². The van der Waals surface area contributed by atoms with Crippen molar-refractivity contribution in [1.29, 1.82) is 0 Å². The summed E-state index contributed by atoms with van der Waals surface area (Å²) in [5, 5.41) is 4.33. The van der Waals surface area contributed by atoms with Crippen LogP contribution >= 0.6 is 0 Å². The number of ether oxygens (including phenoxy) is 1. The molecule has 0 radical (unpaired) electrons. The molecule has 0 atom stereocenters. The zero-order chi connectivity index (χ0) is 17.8. The van der Waals surface area contributed by atoms with Crippen molar-refractivity contribution in [3.05, 3.63) is 71.5 Å². The highest BCUT2D eigenvalue weighted by Gasteiger charge is 2.15. The maximum atomic E-state index is 12.4. The van der Waals surface area contributed by atoms with Crippen LogP contribution in [0.3, 0.4) is 0 Å². The molecule has 0 aliphatic rings. The molecule has 128 valence electrons. The van der Waals surface area contributed by atoms with Crippen molar-refractivity contribution in [2.45, 2.75) is 27.2 Å². The third-order valence-electron chi connectivity index (χ3n) is 4.35. The van der Waals surface area contributed by atoms with Crippen LogP contribution in [0.2, 0.25) is 0 Å². The summed E-state index contributed by atoms with van der Waals surface area (Å²) < 4.78 is 7.09. The van der Waals surface area contributed by atoms with E-state index in [2.05, 4.69) is 24.2 Å². The highest BCUT2D eigenvalue weighted by Crippen LogP contribution is 2.22. The highest BCUT2D eigenvalue weighted by molar-refractivity contribution is 5.80. The first-order valence-electron chi connectivity index (χ1n) is 8.46. The Hall–Kier alpha value is -2.88. The van der Waals surface area contributed by atoms with Gasteiger partial charge in [-0.1, -0.05) is 49.4 Å². The Balaban J connectivity index is 1.67. The highest BCUT2D eigenvalue weighted by atomic mass is 16.5. The van der Waals surface area contributed by atoms with Crippen LogP contribution in [0, 0.1) is 13.8 Å². The van der Waals surface area contributed by atoms with Crippen molar-refractivity contribution in [2.24, 2.45) is 0 Å². The Morgan fingerprint density at radius 1 is 1.00 bits per heavy atom. The molecule has 0 spiro atoms. The molecule has 0 saturated heterocycles. The summed E-state index contributed by atoms with van der Waals surface area (Å²) in [7, 11) is 0. The van der Waals surface area contributed by atoms with E-state index in [0.29, 0.717) is 5.75 Å². The van der Waals surface area contributed by atoms with E-state index in [0.717, 1.165) is 34.5 Å². The van der Waals surface area contributed by atoms with Crippen molar-refractivity contribution < 1.29 is 9.53 Å². The summed E-state index contributed by atoms with van der Waals surface area (Å²) in [5.74, 6) is 0.512. The predicted molar refractivity (Wildman–Crippen MR) is 99.1 cm³/mol. The number of nitrogens with zero attached hydrogens (tertiary/aromatic N) is 2. The first-order chi connectivity index (χ1) is 12.1. The summed E-state index contributed by atoms with van der Waals surface area (Å²) in [6, 6.07) is 17.9. The van der Waals surface area contributed by atoms with Crippen molar-refractivity contribution in [1.82, 2.24) is 9.78 Å². The molecule has 0 fully saturated rings. The second-order valence-electron chi connectivity index (χ2n) is 5.99. The number of carbonyl (C=O) groups is 1. The molecule has 3 aromatic rings. The van der Waals surface area contributed by atoms with E-state index in [4.69, 9.17) is 4.74 Å². The number of hydrogen-bond donors (Lipinski definition) is 0. The topological polar surface area (TPSA) is 44.1 Å². The minimum atomic E-state index is -0.160. The molecule has 3 rings (SSSR count). The van der Waals surface area contributed by atoms with Gasteiger partial charge in [-0.25, -0.2) is 4.68 Å². The molecule has 4 heteroatoms. The zero-order valence-corrected chi connectivity index (χ0v) is 14.8. The average Bonchev–Trinajstić information content (AvgIpc) is 2.94. The van der Waals surface area contributed by atoms with Gasteiger partial charge in [0.2, 0.25) is 0 Å². The van der Waals surface area contributed by atoms with Gasteiger partial charge in [-0.2, -0.15) is 5.10 Å². The first kappa shape index (κ1) is 17.0. The summed E-state index contributed by atoms with van der Waals surface area (Å²) in [6.45, 7) is 5.89. The molecule has 0 N–H and O–H groups in total. The minimum absolute atomic E-state index is 0.0319. The van der Waals surface area contributed by atoms with Crippen molar-refractivity contribution in [3.63, 3.8) is 0 Å². The number of benzene rings is 2. The molecule has 2 aromatic carbocycles.